The van der Waals surface area contributed by atoms with Crippen LogP contribution in [0, 0.1) is 11.3 Å². The third kappa shape index (κ3) is 4.73. The number of carbonyl (C=O) groups is 2. The van der Waals surface area contributed by atoms with Crippen molar-refractivity contribution in [2.75, 3.05) is 51.1 Å². The minimum absolute atomic E-state index is 0.142. The molecule has 0 unspecified atom stereocenters. The van der Waals surface area contributed by atoms with Crippen LogP contribution < -0.4 is 5.32 Å². The van der Waals surface area contributed by atoms with Crippen molar-refractivity contribution in [3.8, 4) is 6.07 Å². The maximum absolute atomic E-state index is 12.4. The van der Waals surface area contributed by atoms with Crippen molar-refractivity contribution in [1.29, 1.82) is 5.26 Å². The van der Waals surface area contributed by atoms with Gasteiger partial charge in [-0.1, -0.05) is 0 Å². The Bertz CT molecular complexity index is 668. The molecule has 7 heteroatoms. The maximum atomic E-state index is 12.4. The lowest BCUT2D eigenvalue weighted by Crippen LogP contribution is -2.52. The molecule has 138 valence electrons. The molecule has 2 fully saturated rings. The van der Waals surface area contributed by atoms with Crippen LogP contribution in [0.15, 0.2) is 24.3 Å². The summed E-state index contributed by atoms with van der Waals surface area (Å²) < 4.78 is 0. The molecule has 0 saturated carbocycles. The number of anilines is 1. The topological polar surface area (TPSA) is 79.7 Å². The summed E-state index contributed by atoms with van der Waals surface area (Å²) in [4.78, 5) is 30.6. The quantitative estimate of drug-likeness (QED) is 0.895. The van der Waals surface area contributed by atoms with Crippen molar-refractivity contribution < 1.29 is 9.59 Å². The molecule has 1 N–H and O–H groups in total. The van der Waals surface area contributed by atoms with E-state index in [1.54, 1.807) is 29.2 Å². The van der Waals surface area contributed by atoms with Crippen LogP contribution >= 0.6 is 0 Å². The van der Waals surface area contributed by atoms with Gasteiger partial charge in [0, 0.05) is 45.0 Å². The van der Waals surface area contributed by atoms with Crippen LogP contribution in [0.25, 0.3) is 0 Å². The Morgan fingerprint density at radius 1 is 0.923 bits per heavy atom. The van der Waals surface area contributed by atoms with E-state index in [0.717, 1.165) is 25.9 Å². The van der Waals surface area contributed by atoms with E-state index in [-0.39, 0.29) is 11.9 Å². The van der Waals surface area contributed by atoms with Gasteiger partial charge in [-0.15, -0.1) is 0 Å². The Morgan fingerprint density at radius 2 is 1.58 bits per heavy atom. The van der Waals surface area contributed by atoms with Crippen molar-refractivity contribution in [3.05, 3.63) is 29.8 Å². The number of likely N-dealkylation sites (tertiary alicyclic amines) is 1. The number of nitrogens with one attached hydrogen (secondary N) is 1. The molecular weight excluding hydrogens is 330 g/mol. The van der Waals surface area contributed by atoms with Crippen LogP contribution in [-0.4, -0.2) is 72.5 Å². The molecule has 1 aromatic rings. The molecule has 1 aromatic carbocycles. The molecule has 0 aromatic heterocycles. The highest BCUT2D eigenvalue weighted by molar-refractivity contribution is 5.89. The largest absolute Gasteiger partial charge is 0.342 e. The Kier molecular flexibility index (Phi) is 6.08. The maximum Gasteiger partial charge on any atom is 0.321 e. The minimum atomic E-state index is -0.142. The Balaban J connectivity index is 1.43. The van der Waals surface area contributed by atoms with Gasteiger partial charge in [-0.2, -0.15) is 5.26 Å². The first-order chi connectivity index (χ1) is 12.7. The average molecular weight is 355 g/mol. The second-order valence-corrected chi connectivity index (χ2v) is 6.82. The minimum Gasteiger partial charge on any atom is -0.342 e. The summed E-state index contributed by atoms with van der Waals surface area (Å²) in [5, 5.41) is 11.7. The van der Waals surface area contributed by atoms with Crippen molar-refractivity contribution in [1.82, 2.24) is 14.7 Å². The zero-order valence-corrected chi connectivity index (χ0v) is 15.0. The molecule has 0 bridgehead atoms. The molecule has 2 aliphatic heterocycles. The fraction of sp³-hybridized carbons (Fsp3) is 0.526. The summed E-state index contributed by atoms with van der Waals surface area (Å²) in [7, 11) is 0. The standard InChI is InChI=1S/C19H25N5O2/c20-14-16-4-6-17(7-5-16)21-19(26)24-12-10-22(11-13-24)15-18(25)23-8-2-1-3-9-23/h4-7H,1-3,8-13,15H2,(H,21,26). The van der Waals surface area contributed by atoms with E-state index in [1.807, 2.05) is 4.90 Å². The molecular formula is C19H25N5O2. The SMILES string of the molecule is N#Cc1ccc(NC(=O)N2CCN(CC(=O)N3CCCCC3)CC2)cc1. The number of urea groups is 1. The van der Waals surface area contributed by atoms with Gasteiger partial charge in [0.1, 0.15) is 0 Å². The molecule has 2 heterocycles. The summed E-state index contributed by atoms with van der Waals surface area (Å²) >= 11 is 0. The highest BCUT2D eigenvalue weighted by Crippen LogP contribution is 2.12. The van der Waals surface area contributed by atoms with Gasteiger partial charge in [-0.25, -0.2) is 4.79 Å². The van der Waals surface area contributed by atoms with E-state index in [9.17, 15) is 9.59 Å². The number of piperazine rings is 1. The second-order valence-electron chi connectivity index (χ2n) is 6.82. The number of hydrogen-bond donors (Lipinski definition) is 1. The number of nitrogens with zero attached hydrogens (tertiary/aromatic N) is 4. The molecule has 7 nitrogen and oxygen atoms in total. The van der Waals surface area contributed by atoms with Crippen LogP contribution in [0.5, 0.6) is 0 Å². The number of hydrogen-bond acceptors (Lipinski definition) is 4. The van der Waals surface area contributed by atoms with E-state index in [4.69, 9.17) is 5.26 Å². The summed E-state index contributed by atoms with van der Waals surface area (Å²) in [6.45, 7) is 4.84. The van der Waals surface area contributed by atoms with E-state index >= 15 is 0 Å². The van der Waals surface area contributed by atoms with Crippen LogP contribution in [0.4, 0.5) is 10.5 Å². The predicted molar refractivity (Wildman–Crippen MR) is 98.6 cm³/mol. The van der Waals surface area contributed by atoms with Crippen molar-refractivity contribution in [2.24, 2.45) is 0 Å². The fourth-order valence-corrected chi connectivity index (χ4v) is 3.37. The first-order valence-electron chi connectivity index (χ1n) is 9.22. The lowest BCUT2D eigenvalue weighted by Gasteiger charge is -2.36. The fourth-order valence-electron chi connectivity index (χ4n) is 3.37. The first kappa shape index (κ1) is 18.2. The third-order valence-electron chi connectivity index (χ3n) is 4.99. The normalized spacial score (nSPS) is 18.3. The van der Waals surface area contributed by atoms with Gasteiger partial charge < -0.3 is 15.1 Å². The van der Waals surface area contributed by atoms with Gasteiger partial charge in [-0.05, 0) is 43.5 Å². The number of carbonyl (C=O) groups excluding carboxylic acids is 2. The van der Waals surface area contributed by atoms with E-state index in [1.165, 1.54) is 6.42 Å². The summed E-state index contributed by atoms with van der Waals surface area (Å²) in [5.41, 5.74) is 1.24. The van der Waals surface area contributed by atoms with Gasteiger partial charge in [0.2, 0.25) is 5.91 Å². The highest BCUT2D eigenvalue weighted by Gasteiger charge is 2.24. The lowest BCUT2D eigenvalue weighted by molar-refractivity contribution is -0.133. The number of nitriles is 1. The van der Waals surface area contributed by atoms with Gasteiger partial charge in [0.25, 0.3) is 0 Å². The zero-order valence-electron chi connectivity index (χ0n) is 15.0. The zero-order chi connectivity index (χ0) is 18.4. The molecule has 0 atom stereocenters. The monoisotopic (exact) mass is 355 g/mol. The van der Waals surface area contributed by atoms with Crippen LogP contribution in [0.2, 0.25) is 0 Å². The van der Waals surface area contributed by atoms with Crippen LogP contribution in [0.1, 0.15) is 24.8 Å². The molecule has 2 aliphatic rings. The predicted octanol–water partition coefficient (Wildman–Crippen LogP) is 1.72. The molecule has 26 heavy (non-hydrogen) atoms. The number of benzene rings is 1. The van der Waals surface area contributed by atoms with Gasteiger partial charge in [0.05, 0.1) is 18.2 Å². The summed E-state index contributed by atoms with van der Waals surface area (Å²) in [6, 6.07) is 8.73. The number of amides is 3. The Morgan fingerprint density at radius 3 is 2.19 bits per heavy atom. The number of rotatable bonds is 3. The number of piperidine rings is 1. The highest BCUT2D eigenvalue weighted by atomic mass is 16.2. The van der Waals surface area contributed by atoms with Crippen LogP contribution in [0.3, 0.4) is 0 Å². The average Bonchev–Trinajstić information content (AvgIpc) is 2.69. The van der Waals surface area contributed by atoms with Crippen LogP contribution in [-0.2, 0) is 4.79 Å². The van der Waals surface area contributed by atoms with Gasteiger partial charge in [0.15, 0.2) is 0 Å². The molecule has 3 amide bonds. The molecule has 0 aliphatic carbocycles. The summed E-state index contributed by atoms with van der Waals surface area (Å²) in [6.07, 6.45) is 3.43. The lowest BCUT2D eigenvalue weighted by atomic mass is 10.1. The first-order valence-corrected chi connectivity index (χ1v) is 9.22. The van der Waals surface area contributed by atoms with Crippen molar-refractivity contribution in [2.45, 2.75) is 19.3 Å². The van der Waals surface area contributed by atoms with E-state index < -0.39 is 0 Å². The van der Waals surface area contributed by atoms with Crippen molar-refractivity contribution >= 4 is 17.6 Å². The molecule has 3 rings (SSSR count). The molecule has 0 radical (unpaired) electrons. The van der Waals surface area contributed by atoms with E-state index in [2.05, 4.69) is 16.3 Å². The van der Waals surface area contributed by atoms with Gasteiger partial charge >= 0.3 is 6.03 Å². The smallest absolute Gasteiger partial charge is 0.321 e. The second kappa shape index (κ2) is 8.68. The Hall–Kier alpha value is -2.59. The van der Waals surface area contributed by atoms with Crippen molar-refractivity contribution in [3.63, 3.8) is 0 Å². The molecule has 0 spiro atoms. The Labute approximate surface area is 154 Å². The third-order valence-corrected chi connectivity index (χ3v) is 4.99. The molecule has 2 saturated heterocycles. The van der Waals surface area contributed by atoms with Gasteiger partial charge in [-0.3, -0.25) is 9.69 Å². The van der Waals surface area contributed by atoms with E-state index in [0.29, 0.717) is 44.0 Å². The summed E-state index contributed by atoms with van der Waals surface area (Å²) in [5.74, 6) is 0.209.